The number of hydrazone groups is 2. The van der Waals surface area contributed by atoms with Gasteiger partial charge in [-0.15, -0.1) is 0 Å². The van der Waals surface area contributed by atoms with Crippen LogP contribution >= 0.6 is 23.8 Å². The van der Waals surface area contributed by atoms with Crippen molar-refractivity contribution in [2.75, 3.05) is 12.0 Å². The van der Waals surface area contributed by atoms with Gasteiger partial charge in [-0.05, 0) is 44.6 Å². The molecule has 7 nitrogen and oxygen atoms in total. The molecule has 0 spiro atoms. The van der Waals surface area contributed by atoms with Crippen molar-refractivity contribution in [2.24, 2.45) is 15.9 Å². The summed E-state index contributed by atoms with van der Waals surface area (Å²) in [6.45, 7) is 5.34. The van der Waals surface area contributed by atoms with Crippen LogP contribution in [0.5, 0.6) is 0 Å². The zero-order valence-corrected chi connectivity index (χ0v) is 14.6. The van der Waals surface area contributed by atoms with E-state index in [1.54, 1.807) is 19.9 Å². The summed E-state index contributed by atoms with van der Waals surface area (Å²) in [5.74, 6) is -0.629. The highest BCUT2D eigenvalue weighted by Crippen LogP contribution is 2.25. The van der Waals surface area contributed by atoms with E-state index in [9.17, 15) is 4.79 Å². The monoisotopic (exact) mass is 355 g/mol. The smallest absolute Gasteiger partial charge is 0.360 e. The van der Waals surface area contributed by atoms with Gasteiger partial charge in [0.1, 0.15) is 0 Å². The van der Waals surface area contributed by atoms with Crippen molar-refractivity contribution in [1.82, 2.24) is 5.43 Å². The second-order valence-corrected chi connectivity index (χ2v) is 5.24. The van der Waals surface area contributed by atoms with Crippen LogP contribution in [0.1, 0.15) is 19.4 Å². The van der Waals surface area contributed by atoms with Gasteiger partial charge in [0.05, 0.1) is 23.0 Å². The van der Waals surface area contributed by atoms with Crippen molar-refractivity contribution >= 4 is 52.0 Å². The van der Waals surface area contributed by atoms with Crippen LogP contribution in [0.15, 0.2) is 28.4 Å². The predicted octanol–water partition coefficient (Wildman–Crippen LogP) is 2.19. The van der Waals surface area contributed by atoms with E-state index in [1.807, 2.05) is 19.1 Å². The average Bonchev–Trinajstić information content (AvgIpc) is 2.48. The van der Waals surface area contributed by atoms with Crippen molar-refractivity contribution in [1.29, 1.82) is 0 Å². The summed E-state index contributed by atoms with van der Waals surface area (Å²) in [4.78, 5) is 12.0. The first-order valence-corrected chi connectivity index (χ1v) is 7.51. The lowest BCUT2D eigenvalue weighted by Crippen LogP contribution is -2.30. The SMILES string of the molecule is CCOC(=O)/C(=N\Nc1c(C)cccc1Cl)C(C)=NNC(N)=S. The van der Waals surface area contributed by atoms with Gasteiger partial charge in [0.15, 0.2) is 10.8 Å². The number of thiocarbonyl (C=S) groups is 1. The third-order valence-corrected chi connectivity index (χ3v) is 3.05. The number of nitrogens with one attached hydrogen (secondary N) is 2. The summed E-state index contributed by atoms with van der Waals surface area (Å²) in [6, 6.07) is 5.40. The molecule has 0 aromatic heterocycles. The van der Waals surface area contributed by atoms with E-state index >= 15 is 0 Å². The molecule has 0 unspecified atom stereocenters. The van der Waals surface area contributed by atoms with Crippen LogP contribution in [0.2, 0.25) is 5.02 Å². The Morgan fingerprint density at radius 3 is 2.70 bits per heavy atom. The molecule has 4 N–H and O–H groups in total. The minimum absolute atomic E-state index is 0.0186. The van der Waals surface area contributed by atoms with E-state index in [0.717, 1.165) is 5.56 Å². The van der Waals surface area contributed by atoms with Gasteiger partial charge in [-0.1, -0.05) is 23.7 Å². The van der Waals surface area contributed by atoms with Gasteiger partial charge in [-0.25, -0.2) is 4.79 Å². The summed E-state index contributed by atoms with van der Waals surface area (Å²) in [6.07, 6.45) is 0. The van der Waals surface area contributed by atoms with Crippen molar-refractivity contribution in [2.45, 2.75) is 20.8 Å². The molecule has 0 fully saturated rings. The first-order chi connectivity index (χ1) is 10.9. The number of rotatable bonds is 6. The highest BCUT2D eigenvalue weighted by Gasteiger charge is 2.17. The topological polar surface area (TPSA) is 101 Å². The quantitative estimate of drug-likeness (QED) is 0.313. The molecule has 0 atom stereocenters. The molecule has 0 amide bonds. The van der Waals surface area contributed by atoms with E-state index in [1.165, 1.54) is 0 Å². The lowest BCUT2D eigenvalue weighted by Gasteiger charge is -2.10. The Bertz CT molecular complexity index is 640. The van der Waals surface area contributed by atoms with Crippen molar-refractivity contribution < 1.29 is 9.53 Å². The molecule has 1 aromatic carbocycles. The van der Waals surface area contributed by atoms with Gasteiger partial charge in [0.2, 0.25) is 0 Å². The number of benzene rings is 1. The van der Waals surface area contributed by atoms with Crippen LogP contribution in [0.25, 0.3) is 0 Å². The lowest BCUT2D eigenvalue weighted by atomic mass is 10.2. The van der Waals surface area contributed by atoms with Gasteiger partial charge in [-0.3, -0.25) is 10.9 Å². The molecule has 9 heteroatoms. The number of hydrogen-bond donors (Lipinski definition) is 3. The van der Waals surface area contributed by atoms with E-state index in [4.69, 9.17) is 22.1 Å². The van der Waals surface area contributed by atoms with Crippen LogP contribution in [0.4, 0.5) is 5.69 Å². The fourth-order valence-corrected chi connectivity index (χ4v) is 1.86. The molecule has 1 rings (SSSR count). The number of anilines is 1. The molecular weight excluding hydrogens is 338 g/mol. The lowest BCUT2D eigenvalue weighted by molar-refractivity contribution is -0.134. The second-order valence-electron chi connectivity index (χ2n) is 4.40. The number of nitrogens with two attached hydrogens (primary N) is 1. The van der Waals surface area contributed by atoms with E-state index in [0.29, 0.717) is 10.7 Å². The number of halogens is 1. The number of carbonyl (C=O) groups excluding carboxylic acids is 1. The maximum absolute atomic E-state index is 12.0. The van der Waals surface area contributed by atoms with E-state index in [2.05, 4.69) is 33.3 Å². The Morgan fingerprint density at radius 1 is 1.43 bits per heavy atom. The highest BCUT2D eigenvalue weighted by molar-refractivity contribution is 7.80. The fraction of sp³-hybridized carbons (Fsp3) is 0.286. The number of aryl methyl sites for hydroxylation is 1. The zero-order chi connectivity index (χ0) is 17.4. The summed E-state index contributed by atoms with van der Waals surface area (Å²) in [7, 11) is 0. The number of esters is 1. The minimum atomic E-state index is -0.629. The molecule has 0 aliphatic carbocycles. The predicted molar refractivity (Wildman–Crippen MR) is 96.9 cm³/mol. The molecule has 0 saturated heterocycles. The molecule has 124 valence electrons. The van der Waals surface area contributed by atoms with Crippen LogP contribution < -0.4 is 16.6 Å². The summed E-state index contributed by atoms with van der Waals surface area (Å²) < 4.78 is 4.97. The molecule has 1 aromatic rings. The Balaban J connectivity index is 3.11. The Labute approximate surface area is 144 Å². The molecule has 23 heavy (non-hydrogen) atoms. The standard InChI is InChI=1S/C14H18ClN5O2S/c1-4-22-13(21)12(9(3)17-20-14(16)23)19-18-11-8(2)6-5-7-10(11)15/h5-7,18H,4H2,1-3H3,(H3,16,20,23)/b17-9?,19-12-. The Hall–Kier alpha value is -2.19. The van der Waals surface area contributed by atoms with Crippen LogP contribution in [0, 0.1) is 6.92 Å². The van der Waals surface area contributed by atoms with Gasteiger partial charge >= 0.3 is 5.97 Å². The molecule has 0 saturated carbocycles. The Kier molecular flexibility index (Phi) is 7.43. The van der Waals surface area contributed by atoms with Crippen LogP contribution in [-0.2, 0) is 9.53 Å². The van der Waals surface area contributed by atoms with Gasteiger partial charge in [0.25, 0.3) is 0 Å². The number of para-hydroxylation sites is 1. The first-order valence-electron chi connectivity index (χ1n) is 6.72. The van der Waals surface area contributed by atoms with Crippen molar-refractivity contribution in [3.63, 3.8) is 0 Å². The van der Waals surface area contributed by atoms with Crippen molar-refractivity contribution in [3.05, 3.63) is 28.8 Å². The van der Waals surface area contributed by atoms with Gasteiger partial charge in [-0.2, -0.15) is 10.2 Å². The van der Waals surface area contributed by atoms with E-state index < -0.39 is 5.97 Å². The first kappa shape index (κ1) is 18.9. The molecule has 0 heterocycles. The normalized spacial score (nSPS) is 11.8. The third-order valence-electron chi connectivity index (χ3n) is 2.65. The van der Waals surface area contributed by atoms with E-state index in [-0.39, 0.29) is 23.1 Å². The Morgan fingerprint density at radius 2 is 2.13 bits per heavy atom. The summed E-state index contributed by atoms with van der Waals surface area (Å²) >= 11 is 10.8. The van der Waals surface area contributed by atoms with Gasteiger partial charge < -0.3 is 10.5 Å². The summed E-state index contributed by atoms with van der Waals surface area (Å²) in [5.41, 5.74) is 12.2. The van der Waals surface area contributed by atoms with Gasteiger partial charge in [0, 0.05) is 0 Å². The molecule has 0 aliphatic rings. The molecule has 0 aliphatic heterocycles. The third kappa shape index (κ3) is 5.84. The number of hydrogen-bond acceptors (Lipinski definition) is 6. The zero-order valence-electron chi connectivity index (χ0n) is 13.0. The van der Waals surface area contributed by atoms with Crippen LogP contribution in [0.3, 0.4) is 0 Å². The maximum atomic E-state index is 12.0. The molecule has 0 radical (unpaired) electrons. The number of carbonyl (C=O) groups is 1. The molecular formula is C14H18ClN5O2S. The minimum Gasteiger partial charge on any atom is -0.461 e. The number of ether oxygens (including phenoxy) is 1. The van der Waals surface area contributed by atoms with Crippen LogP contribution in [-0.4, -0.2) is 29.1 Å². The average molecular weight is 356 g/mol. The maximum Gasteiger partial charge on any atom is 0.360 e. The highest BCUT2D eigenvalue weighted by atomic mass is 35.5. The second kappa shape index (κ2) is 9.06. The van der Waals surface area contributed by atoms with Crippen molar-refractivity contribution in [3.8, 4) is 0 Å². The number of nitrogens with zero attached hydrogens (tertiary/aromatic N) is 2. The summed E-state index contributed by atoms with van der Waals surface area (Å²) in [5, 5.41) is 8.40. The molecule has 0 bridgehead atoms. The largest absolute Gasteiger partial charge is 0.461 e. The fourth-order valence-electron chi connectivity index (χ4n) is 1.55.